The summed E-state index contributed by atoms with van der Waals surface area (Å²) < 4.78 is 8.16. The summed E-state index contributed by atoms with van der Waals surface area (Å²) >= 11 is 11.3. The number of pyridine rings is 1. The molecule has 0 radical (unpaired) electrons. The molecule has 1 N–H and O–H groups in total. The van der Waals surface area contributed by atoms with Crippen LogP contribution in [0.2, 0.25) is 5.02 Å². The van der Waals surface area contributed by atoms with Gasteiger partial charge in [-0.3, -0.25) is 0 Å². The number of nitrogens with zero attached hydrogens (tertiary/aromatic N) is 2. The number of H-pyrrole nitrogens is 1. The number of aromatic amines is 1. The molecule has 6 heteroatoms. The molecular weight excluding hydrogens is 270 g/mol. The average Bonchev–Trinajstić information content (AvgIpc) is 2.66. The molecule has 18 heavy (non-hydrogen) atoms. The van der Waals surface area contributed by atoms with Crippen LogP contribution in [0.4, 0.5) is 0 Å². The zero-order chi connectivity index (χ0) is 12.5. The summed E-state index contributed by atoms with van der Waals surface area (Å²) in [5.74, 6) is 0.613. The minimum atomic E-state index is 0.613. The van der Waals surface area contributed by atoms with Crippen LogP contribution in [0.15, 0.2) is 12.3 Å². The standard InChI is InChI=1S/C12H14ClN3OS/c13-9-5-10-11(14-6-9)16(12(18)15-10)7-8-1-3-17-4-2-8/h5-6,8H,1-4,7H2,(H,15,18). The fourth-order valence-corrected chi connectivity index (χ4v) is 2.80. The van der Waals surface area contributed by atoms with E-state index in [1.807, 2.05) is 6.07 Å². The first kappa shape index (κ1) is 12.1. The number of halogens is 1. The van der Waals surface area contributed by atoms with Gasteiger partial charge in [-0.2, -0.15) is 0 Å². The number of nitrogens with one attached hydrogen (secondary N) is 1. The molecule has 3 heterocycles. The SMILES string of the molecule is S=c1[nH]c2cc(Cl)cnc2n1CC1CCOCC1. The van der Waals surface area contributed by atoms with Gasteiger partial charge < -0.3 is 14.3 Å². The summed E-state index contributed by atoms with van der Waals surface area (Å²) in [5.41, 5.74) is 1.79. The highest BCUT2D eigenvalue weighted by atomic mass is 35.5. The van der Waals surface area contributed by atoms with E-state index in [0.717, 1.165) is 43.8 Å². The Bertz CT molecular complexity index is 615. The van der Waals surface area contributed by atoms with Gasteiger partial charge in [0, 0.05) is 26.0 Å². The van der Waals surface area contributed by atoms with Gasteiger partial charge in [-0.25, -0.2) is 4.98 Å². The summed E-state index contributed by atoms with van der Waals surface area (Å²) in [6.07, 6.45) is 3.83. The third-order valence-corrected chi connectivity index (χ3v) is 3.89. The summed E-state index contributed by atoms with van der Waals surface area (Å²) in [7, 11) is 0. The van der Waals surface area contributed by atoms with Crippen LogP contribution in [0, 0.1) is 10.7 Å². The second kappa shape index (κ2) is 4.99. The predicted octanol–water partition coefficient (Wildman–Crippen LogP) is 3.17. The molecule has 2 aromatic rings. The van der Waals surface area contributed by atoms with Gasteiger partial charge in [-0.1, -0.05) is 11.6 Å². The van der Waals surface area contributed by atoms with Crippen LogP contribution in [0.25, 0.3) is 11.2 Å². The van der Waals surface area contributed by atoms with Crippen LogP contribution in [0.5, 0.6) is 0 Å². The van der Waals surface area contributed by atoms with E-state index in [1.54, 1.807) is 6.20 Å². The van der Waals surface area contributed by atoms with Crippen molar-refractivity contribution in [3.05, 3.63) is 22.1 Å². The van der Waals surface area contributed by atoms with Crippen molar-refractivity contribution in [1.29, 1.82) is 0 Å². The van der Waals surface area contributed by atoms with Crippen LogP contribution in [0.1, 0.15) is 12.8 Å². The number of fused-ring (bicyclic) bond motifs is 1. The lowest BCUT2D eigenvalue weighted by atomic mass is 10.0. The van der Waals surface area contributed by atoms with Crippen molar-refractivity contribution in [3.63, 3.8) is 0 Å². The highest BCUT2D eigenvalue weighted by molar-refractivity contribution is 7.71. The number of hydrogen-bond donors (Lipinski definition) is 1. The normalized spacial score (nSPS) is 17.4. The van der Waals surface area contributed by atoms with Crippen molar-refractivity contribution < 1.29 is 4.74 Å². The molecule has 1 aliphatic rings. The van der Waals surface area contributed by atoms with Crippen LogP contribution in [0.3, 0.4) is 0 Å². The highest BCUT2D eigenvalue weighted by Gasteiger charge is 2.16. The maximum absolute atomic E-state index is 5.93. The Balaban J connectivity index is 1.95. The zero-order valence-electron chi connectivity index (χ0n) is 9.86. The lowest BCUT2D eigenvalue weighted by Crippen LogP contribution is -2.20. The van der Waals surface area contributed by atoms with Crippen molar-refractivity contribution in [1.82, 2.24) is 14.5 Å². The van der Waals surface area contributed by atoms with Crippen LogP contribution >= 0.6 is 23.8 Å². The molecule has 0 bridgehead atoms. The van der Waals surface area contributed by atoms with Gasteiger partial charge in [0.25, 0.3) is 0 Å². The van der Waals surface area contributed by atoms with Gasteiger partial charge >= 0.3 is 0 Å². The summed E-state index contributed by atoms with van der Waals surface area (Å²) in [4.78, 5) is 7.53. The van der Waals surface area contributed by atoms with E-state index < -0.39 is 0 Å². The van der Waals surface area contributed by atoms with E-state index in [2.05, 4.69) is 14.5 Å². The number of aromatic nitrogens is 3. The van der Waals surface area contributed by atoms with Gasteiger partial charge in [0.1, 0.15) is 0 Å². The molecule has 0 amide bonds. The van der Waals surface area contributed by atoms with E-state index in [0.29, 0.717) is 15.7 Å². The topological polar surface area (TPSA) is 42.8 Å². The molecule has 1 aliphatic heterocycles. The molecule has 3 rings (SSSR count). The lowest BCUT2D eigenvalue weighted by molar-refractivity contribution is 0.0614. The average molecular weight is 284 g/mol. The summed E-state index contributed by atoms with van der Waals surface area (Å²) in [6, 6.07) is 1.86. The van der Waals surface area contributed by atoms with Gasteiger partial charge in [0.05, 0.1) is 10.5 Å². The first-order valence-electron chi connectivity index (χ1n) is 6.06. The van der Waals surface area contributed by atoms with Gasteiger partial charge in [0.2, 0.25) is 0 Å². The Hall–Kier alpha value is -0.910. The second-order valence-electron chi connectivity index (χ2n) is 4.62. The number of imidazole rings is 1. The Morgan fingerprint density at radius 3 is 3.06 bits per heavy atom. The zero-order valence-corrected chi connectivity index (χ0v) is 11.4. The van der Waals surface area contributed by atoms with Crippen molar-refractivity contribution in [2.24, 2.45) is 5.92 Å². The first-order valence-corrected chi connectivity index (χ1v) is 6.84. The smallest absolute Gasteiger partial charge is 0.179 e. The number of ether oxygens (including phenoxy) is 1. The number of hydrogen-bond acceptors (Lipinski definition) is 3. The maximum atomic E-state index is 5.93. The Labute approximate surface area is 115 Å². The molecular formula is C12H14ClN3OS. The molecule has 4 nitrogen and oxygen atoms in total. The fraction of sp³-hybridized carbons (Fsp3) is 0.500. The van der Waals surface area contributed by atoms with Crippen LogP contribution < -0.4 is 0 Å². The molecule has 0 atom stereocenters. The van der Waals surface area contributed by atoms with Gasteiger partial charge in [0.15, 0.2) is 10.4 Å². The molecule has 0 aliphatic carbocycles. The minimum Gasteiger partial charge on any atom is -0.381 e. The molecule has 1 saturated heterocycles. The first-order chi connectivity index (χ1) is 8.74. The van der Waals surface area contributed by atoms with Crippen molar-refractivity contribution >= 4 is 35.0 Å². The number of rotatable bonds is 2. The Kier molecular flexibility index (Phi) is 3.37. The largest absolute Gasteiger partial charge is 0.381 e. The van der Waals surface area contributed by atoms with Gasteiger partial charge in [-0.05, 0) is 37.0 Å². The van der Waals surface area contributed by atoms with Gasteiger partial charge in [-0.15, -0.1) is 0 Å². The molecule has 1 fully saturated rings. The second-order valence-corrected chi connectivity index (χ2v) is 5.44. The maximum Gasteiger partial charge on any atom is 0.179 e. The fourth-order valence-electron chi connectivity index (χ4n) is 2.37. The highest BCUT2D eigenvalue weighted by Crippen LogP contribution is 2.21. The van der Waals surface area contributed by atoms with Crippen LogP contribution in [-0.2, 0) is 11.3 Å². The van der Waals surface area contributed by atoms with E-state index in [-0.39, 0.29) is 0 Å². The van der Waals surface area contributed by atoms with E-state index >= 15 is 0 Å². The minimum absolute atomic E-state index is 0.613. The summed E-state index contributed by atoms with van der Waals surface area (Å²) in [5, 5.41) is 0.622. The molecule has 0 spiro atoms. The Morgan fingerprint density at radius 2 is 2.28 bits per heavy atom. The third kappa shape index (κ3) is 2.30. The molecule has 0 aromatic carbocycles. The quantitative estimate of drug-likeness (QED) is 0.861. The van der Waals surface area contributed by atoms with E-state index in [1.165, 1.54) is 0 Å². The Morgan fingerprint density at radius 1 is 1.50 bits per heavy atom. The molecule has 0 unspecified atom stereocenters. The third-order valence-electron chi connectivity index (χ3n) is 3.36. The van der Waals surface area contributed by atoms with E-state index in [9.17, 15) is 0 Å². The van der Waals surface area contributed by atoms with Crippen LogP contribution in [-0.4, -0.2) is 27.7 Å². The molecule has 0 saturated carbocycles. The van der Waals surface area contributed by atoms with Crippen molar-refractivity contribution in [3.8, 4) is 0 Å². The van der Waals surface area contributed by atoms with Crippen molar-refractivity contribution in [2.45, 2.75) is 19.4 Å². The predicted molar refractivity (Wildman–Crippen MR) is 73.5 cm³/mol. The summed E-state index contributed by atoms with van der Waals surface area (Å²) in [6.45, 7) is 2.59. The molecule has 2 aromatic heterocycles. The van der Waals surface area contributed by atoms with Crippen molar-refractivity contribution in [2.75, 3.05) is 13.2 Å². The molecule has 96 valence electrons. The monoisotopic (exact) mass is 283 g/mol. The van der Waals surface area contributed by atoms with E-state index in [4.69, 9.17) is 28.6 Å². The lowest BCUT2D eigenvalue weighted by Gasteiger charge is -2.22.